The number of benzene rings is 3. The lowest BCUT2D eigenvalue weighted by Gasteiger charge is -2.09. The number of anilines is 1. The van der Waals surface area contributed by atoms with Gasteiger partial charge in [0.1, 0.15) is 23.0 Å². The fraction of sp³-hybridized carbons (Fsp3) is 0.0370. The molecule has 0 atom stereocenters. The van der Waals surface area contributed by atoms with Crippen molar-refractivity contribution in [1.82, 2.24) is 9.38 Å². The van der Waals surface area contributed by atoms with E-state index in [2.05, 4.69) is 5.32 Å². The normalized spacial score (nSPS) is 10.8. The zero-order valence-corrected chi connectivity index (χ0v) is 17.8. The van der Waals surface area contributed by atoms with Crippen molar-refractivity contribution in [1.29, 1.82) is 0 Å². The van der Waals surface area contributed by atoms with Crippen LogP contribution in [0.25, 0.3) is 16.9 Å². The van der Waals surface area contributed by atoms with Crippen LogP contribution in [0.1, 0.15) is 15.9 Å². The number of hydrogen-bond acceptors (Lipinski definition) is 3. The number of ether oxygens (including phenoxy) is 1. The molecule has 1 amide bonds. The quantitative estimate of drug-likeness (QED) is 0.342. The highest BCUT2D eigenvalue weighted by molar-refractivity contribution is 6.04. The number of fused-ring (bicyclic) bond motifs is 1. The summed E-state index contributed by atoms with van der Waals surface area (Å²) in [5.74, 6) is 0.395. The summed E-state index contributed by atoms with van der Waals surface area (Å²) in [5, 5.41) is 2.90. The van der Waals surface area contributed by atoms with Gasteiger partial charge in [-0.25, -0.2) is 9.37 Å². The second-order valence-electron chi connectivity index (χ2n) is 7.66. The van der Waals surface area contributed by atoms with Crippen LogP contribution in [0.3, 0.4) is 0 Å². The maximum atomic E-state index is 13.1. The summed E-state index contributed by atoms with van der Waals surface area (Å²) < 4.78 is 20.8. The van der Waals surface area contributed by atoms with Crippen LogP contribution in [-0.2, 0) is 0 Å². The van der Waals surface area contributed by atoms with Gasteiger partial charge in [0.05, 0.1) is 5.69 Å². The molecule has 0 saturated carbocycles. The number of carbonyl (C=O) groups is 1. The van der Waals surface area contributed by atoms with Crippen molar-refractivity contribution in [2.75, 3.05) is 5.32 Å². The van der Waals surface area contributed by atoms with Crippen molar-refractivity contribution in [2.45, 2.75) is 6.92 Å². The predicted octanol–water partition coefficient (Wildman–Crippen LogP) is 6.49. The molecule has 3 aromatic carbocycles. The van der Waals surface area contributed by atoms with Gasteiger partial charge in [-0.2, -0.15) is 0 Å². The van der Waals surface area contributed by atoms with E-state index in [1.807, 2.05) is 60.1 Å². The van der Waals surface area contributed by atoms with Crippen LogP contribution in [0.4, 0.5) is 10.1 Å². The standard InChI is InChI=1S/C27H20FN3O2/c1-18-4-3-15-31-17-25(30-26(18)31)19-7-11-22(12-8-19)29-27(32)20-5-2-6-24(16-20)33-23-13-9-21(28)10-14-23/h2-17H,1H3,(H,29,32). The van der Waals surface area contributed by atoms with Crippen LogP contribution >= 0.6 is 0 Å². The largest absolute Gasteiger partial charge is 0.457 e. The predicted molar refractivity (Wildman–Crippen MR) is 126 cm³/mol. The number of pyridine rings is 1. The highest BCUT2D eigenvalue weighted by Crippen LogP contribution is 2.25. The lowest BCUT2D eigenvalue weighted by molar-refractivity contribution is 0.102. The average Bonchev–Trinajstić information content (AvgIpc) is 3.27. The van der Waals surface area contributed by atoms with E-state index in [1.165, 1.54) is 24.3 Å². The van der Waals surface area contributed by atoms with Crippen molar-refractivity contribution in [3.63, 3.8) is 0 Å². The summed E-state index contributed by atoms with van der Waals surface area (Å²) in [7, 11) is 0. The Morgan fingerprint density at radius 3 is 2.48 bits per heavy atom. The van der Waals surface area contributed by atoms with Crippen LogP contribution in [0.15, 0.2) is 97.3 Å². The van der Waals surface area contributed by atoms with Crippen molar-refractivity contribution in [3.05, 3.63) is 114 Å². The third kappa shape index (κ3) is 4.45. The highest BCUT2D eigenvalue weighted by atomic mass is 19.1. The first-order valence-corrected chi connectivity index (χ1v) is 10.4. The Bertz CT molecular complexity index is 1440. The van der Waals surface area contributed by atoms with Gasteiger partial charge < -0.3 is 14.5 Å². The first-order valence-electron chi connectivity index (χ1n) is 10.4. The second kappa shape index (κ2) is 8.59. The zero-order chi connectivity index (χ0) is 22.8. The third-order valence-corrected chi connectivity index (χ3v) is 5.26. The summed E-state index contributed by atoms with van der Waals surface area (Å²) in [6.45, 7) is 2.03. The summed E-state index contributed by atoms with van der Waals surface area (Å²) in [4.78, 5) is 17.5. The Balaban J connectivity index is 1.29. The average molecular weight is 437 g/mol. The topological polar surface area (TPSA) is 55.6 Å². The Hall–Kier alpha value is -4.45. The van der Waals surface area contributed by atoms with Gasteiger partial charge in [0.15, 0.2) is 0 Å². The van der Waals surface area contributed by atoms with Gasteiger partial charge in [-0.15, -0.1) is 0 Å². The molecule has 6 heteroatoms. The van der Waals surface area contributed by atoms with Crippen molar-refractivity contribution in [2.24, 2.45) is 0 Å². The molecule has 0 aliphatic heterocycles. The number of nitrogens with zero attached hydrogens (tertiary/aromatic N) is 2. The molecular weight excluding hydrogens is 417 g/mol. The van der Waals surface area contributed by atoms with Gasteiger partial charge in [0, 0.05) is 29.2 Å². The summed E-state index contributed by atoms with van der Waals surface area (Å²) >= 11 is 0. The van der Waals surface area contributed by atoms with Gasteiger partial charge in [0.25, 0.3) is 5.91 Å². The van der Waals surface area contributed by atoms with E-state index in [1.54, 1.807) is 24.3 Å². The van der Waals surface area contributed by atoms with Crippen LogP contribution in [0.2, 0.25) is 0 Å². The molecule has 2 heterocycles. The van der Waals surface area contributed by atoms with E-state index < -0.39 is 0 Å². The Morgan fingerprint density at radius 1 is 0.939 bits per heavy atom. The highest BCUT2D eigenvalue weighted by Gasteiger charge is 2.10. The first-order chi connectivity index (χ1) is 16.0. The van der Waals surface area contributed by atoms with E-state index in [0.29, 0.717) is 22.7 Å². The van der Waals surface area contributed by atoms with E-state index in [0.717, 1.165) is 22.5 Å². The Labute approximate surface area is 190 Å². The Kier molecular flexibility index (Phi) is 5.32. The number of carbonyl (C=O) groups excluding carboxylic acids is 1. The molecule has 2 aromatic heterocycles. The van der Waals surface area contributed by atoms with E-state index >= 15 is 0 Å². The molecule has 0 aliphatic rings. The maximum absolute atomic E-state index is 13.1. The number of imidazole rings is 1. The monoisotopic (exact) mass is 437 g/mol. The molecule has 5 rings (SSSR count). The third-order valence-electron chi connectivity index (χ3n) is 5.26. The Morgan fingerprint density at radius 2 is 1.73 bits per heavy atom. The number of nitrogens with one attached hydrogen (secondary N) is 1. The molecule has 0 radical (unpaired) electrons. The van der Waals surface area contributed by atoms with Gasteiger partial charge in [0.2, 0.25) is 0 Å². The van der Waals surface area contributed by atoms with Gasteiger partial charge in [-0.3, -0.25) is 4.79 Å². The minimum Gasteiger partial charge on any atom is -0.457 e. The smallest absolute Gasteiger partial charge is 0.255 e. The van der Waals surface area contributed by atoms with Crippen LogP contribution in [-0.4, -0.2) is 15.3 Å². The molecule has 0 spiro atoms. The molecule has 5 nitrogen and oxygen atoms in total. The molecule has 33 heavy (non-hydrogen) atoms. The molecular formula is C27H20FN3O2. The number of halogens is 1. The molecule has 162 valence electrons. The fourth-order valence-corrected chi connectivity index (χ4v) is 3.56. The molecule has 0 fully saturated rings. The van der Waals surface area contributed by atoms with Crippen molar-refractivity contribution >= 4 is 17.2 Å². The van der Waals surface area contributed by atoms with Crippen LogP contribution < -0.4 is 10.1 Å². The number of aromatic nitrogens is 2. The zero-order valence-electron chi connectivity index (χ0n) is 17.8. The van der Waals surface area contributed by atoms with Gasteiger partial charge in [-0.1, -0.05) is 24.3 Å². The lowest BCUT2D eigenvalue weighted by atomic mass is 10.1. The first kappa shape index (κ1) is 20.5. The molecule has 5 aromatic rings. The van der Waals surface area contributed by atoms with Crippen LogP contribution in [0, 0.1) is 12.7 Å². The van der Waals surface area contributed by atoms with Crippen LogP contribution in [0.5, 0.6) is 11.5 Å². The fourth-order valence-electron chi connectivity index (χ4n) is 3.56. The van der Waals surface area contributed by atoms with E-state index in [-0.39, 0.29) is 11.7 Å². The molecule has 0 bridgehead atoms. The SMILES string of the molecule is Cc1cccn2cc(-c3ccc(NC(=O)c4cccc(Oc5ccc(F)cc5)c4)cc3)nc12. The van der Waals surface area contributed by atoms with E-state index in [4.69, 9.17) is 9.72 Å². The second-order valence-corrected chi connectivity index (χ2v) is 7.66. The summed E-state index contributed by atoms with van der Waals surface area (Å²) in [6.07, 6.45) is 3.96. The summed E-state index contributed by atoms with van der Waals surface area (Å²) in [5.41, 5.74) is 4.99. The minimum atomic E-state index is -0.335. The lowest BCUT2D eigenvalue weighted by Crippen LogP contribution is -2.11. The minimum absolute atomic E-state index is 0.254. The molecule has 0 saturated heterocycles. The van der Waals surface area contributed by atoms with Crippen molar-refractivity contribution in [3.8, 4) is 22.8 Å². The van der Waals surface area contributed by atoms with E-state index in [9.17, 15) is 9.18 Å². The van der Waals surface area contributed by atoms with Crippen molar-refractivity contribution < 1.29 is 13.9 Å². The van der Waals surface area contributed by atoms with Gasteiger partial charge >= 0.3 is 0 Å². The number of hydrogen-bond donors (Lipinski definition) is 1. The van der Waals surface area contributed by atoms with Gasteiger partial charge in [-0.05, 0) is 73.2 Å². The number of amides is 1. The molecule has 0 unspecified atom stereocenters. The number of aryl methyl sites for hydroxylation is 1. The number of rotatable bonds is 5. The molecule has 1 N–H and O–H groups in total. The molecule has 0 aliphatic carbocycles. The summed E-state index contributed by atoms with van der Waals surface area (Å²) in [6, 6.07) is 24.1. The maximum Gasteiger partial charge on any atom is 0.255 e.